The highest BCUT2D eigenvalue weighted by atomic mass is 127. The zero-order chi connectivity index (χ0) is 8.32. The summed E-state index contributed by atoms with van der Waals surface area (Å²) in [4.78, 5) is 0. The van der Waals surface area contributed by atoms with Gasteiger partial charge in [-0.25, -0.2) is 0 Å². The van der Waals surface area contributed by atoms with Gasteiger partial charge in [0.2, 0.25) is 0 Å². The fourth-order valence-electron chi connectivity index (χ4n) is 0.810. The molecular formula is C7H7F2IO. The van der Waals surface area contributed by atoms with Crippen molar-refractivity contribution in [1.82, 2.24) is 0 Å². The normalized spacial score (nSPS) is 29.8. The number of ether oxygens (including phenoxy) is 1. The second kappa shape index (κ2) is 3.62. The molecule has 4 heteroatoms. The molecule has 0 fully saturated rings. The van der Waals surface area contributed by atoms with Crippen LogP contribution in [-0.2, 0) is 4.74 Å². The summed E-state index contributed by atoms with van der Waals surface area (Å²) >= 11 is 1.86. The summed E-state index contributed by atoms with van der Waals surface area (Å²) < 4.78 is 27.1. The van der Waals surface area contributed by atoms with E-state index in [1.54, 1.807) is 18.2 Å². The SMILES string of the molecule is FC(F)OC1(I)C=CC=CC1. The first-order chi connectivity index (χ1) is 5.12. The molecule has 0 aromatic heterocycles. The predicted octanol–water partition coefficient (Wildman–Crippen LogP) is 2.87. The van der Waals surface area contributed by atoms with E-state index in [-0.39, 0.29) is 0 Å². The highest BCUT2D eigenvalue weighted by molar-refractivity contribution is 14.1. The van der Waals surface area contributed by atoms with Gasteiger partial charge in [-0.05, 0) is 28.7 Å². The Bertz CT molecular complexity index is 191. The Kier molecular flexibility index (Phi) is 3.00. The van der Waals surface area contributed by atoms with Gasteiger partial charge >= 0.3 is 6.61 Å². The maximum absolute atomic E-state index is 11.8. The molecule has 1 unspecified atom stereocenters. The molecule has 0 bridgehead atoms. The van der Waals surface area contributed by atoms with Gasteiger partial charge in [0.05, 0.1) is 0 Å². The third kappa shape index (κ3) is 2.86. The topological polar surface area (TPSA) is 9.23 Å². The molecule has 0 amide bonds. The number of halogens is 3. The lowest BCUT2D eigenvalue weighted by Gasteiger charge is -2.23. The van der Waals surface area contributed by atoms with E-state index in [1.807, 2.05) is 28.7 Å². The summed E-state index contributed by atoms with van der Waals surface area (Å²) in [5.74, 6) is 0. The largest absolute Gasteiger partial charge is 0.346 e. The fourth-order valence-corrected chi connectivity index (χ4v) is 1.46. The summed E-state index contributed by atoms with van der Waals surface area (Å²) in [6.07, 6.45) is 7.44. The molecule has 0 aromatic rings. The molecule has 0 saturated heterocycles. The molecule has 11 heavy (non-hydrogen) atoms. The lowest BCUT2D eigenvalue weighted by atomic mass is 10.1. The molecular weight excluding hydrogens is 265 g/mol. The van der Waals surface area contributed by atoms with Crippen LogP contribution in [0, 0.1) is 0 Å². The zero-order valence-electron chi connectivity index (χ0n) is 5.64. The van der Waals surface area contributed by atoms with Crippen molar-refractivity contribution in [2.75, 3.05) is 0 Å². The maximum atomic E-state index is 11.8. The first-order valence-electron chi connectivity index (χ1n) is 3.12. The molecule has 1 rings (SSSR count). The summed E-state index contributed by atoms with van der Waals surface area (Å²) in [7, 11) is 0. The fraction of sp³-hybridized carbons (Fsp3) is 0.429. The Hall–Kier alpha value is 0.0300. The van der Waals surface area contributed by atoms with Crippen LogP contribution in [0.25, 0.3) is 0 Å². The Labute approximate surface area is 77.3 Å². The monoisotopic (exact) mass is 272 g/mol. The molecule has 1 nitrogen and oxygen atoms in total. The molecule has 0 N–H and O–H groups in total. The standard InChI is InChI=1S/C7H7F2IO/c8-6(9)11-7(10)4-2-1-3-5-7/h1-4,6H,5H2. The highest BCUT2D eigenvalue weighted by Gasteiger charge is 2.27. The van der Waals surface area contributed by atoms with Crippen LogP contribution >= 0.6 is 22.6 Å². The number of hydrogen-bond donors (Lipinski definition) is 0. The van der Waals surface area contributed by atoms with Crippen molar-refractivity contribution in [2.24, 2.45) is 0 Å². The van der Waals surface area contributed by atoms with Gasteiger partial charge in [-0.15, -0.1) is 0 Å². The van der Waals surface area contributed by atoms with Crippen LogP contribution in [0.5, 0.6) is 0 Å². The van der Waals surface area contributed by atoms with Crippen molar-refractivity contribution in [3.8, 4) is 0 Å². The van der Waals surface area contributed by atoms with Crippen LogP contribution in [0.1, 0.15) is 6.42 Å². The Morgan fingerprint density at radius 3 is 2.64 bits per heavy atom. The van der Waals surface area contributed by atoms with Gasteiger partial charge in [-0.1, -0.05) is 18.2 Å². The second-order valence-corrected chi connectivity index (χ2v) is 3.98. The molecule has 1 atom stereocenters. The van der Waals surface area contributed by atoms with Gasteiger partial charge in [-0.3, -0.25) is 0 Å². The van der Waals surface area contributed by atoms with Crippen LogP contribution in [0.3, 0.4) is 0 Å². The molecule has 1 aliphatic carbocycles. The van der Waals surface area contributed by atoms with Crippen LogP contribution in [0.4, 0.5) is 8.78 Å². The summed E-state index contributed by atoms with van der Waals surface area (Å²) in [5, 5.41) is 0. The van der Waals surface area contributed by atoms with Crippen molar-refractivity contribution in [2.45, 2.75) is 16.6 Å². The summed E-state index contributed by atoms with van der Waals surface area (Å²) in [6, 6.07) is 0. The lowest BCUT2D eigenvalue weighted by Crippen LogP contribution is -2.25. The number of allylic oxidation sites excluding steroid dienone is 2. The third-order valence-corrected chi connectivity index (χ3v) is 2.33. The number of rotatable bonds is 2. The van der Waals surface area contributed by atoms with Gasteiger partial charge < -0.3 is 4.74 Å². The molecule has 0 saturated carbocycles. The van der Waals surface area contributed by atoms with E-state index >= 15 is 0 Å². The Balaban J connectivity index is 2.54. The van der Waals surface area contributed by atoms with Crippen LogP contribution in [0.15, 0.2) is 24.3 Å². The van der Waals surface area contributed by atoms with Crippen molar-refractivity contribution < 1.29 is 13.5 Å². The van der Waals surface area contributed by atoms with Gasteiger partial charge in [0.25, 0.3) is 0 Å². The molecule has 0 aliphatic heterocycles. The maximum Gasteiger partial charge on any atom is 0.346 e. The van der Waals surface area contributed by atoms with E-state index in [0.29, 0.717) is 6.42 Å². The minimum absolute atomic E-state index is 0.494. The summed E-state index contributed by atoms with van der Waals surface area (Å²) in [5.41, 5.74) is 0. The van der Waals surface area contributed by atoms with Gasteiger partial charge in [0.1, 0.15) is 3.61 Å². The number of alkyl halides is 3. The molecule has 62 valence electrons. The molecule has 1 aliphatic rings. The van der Waals surface area contributed by atoms with E-state index < -0.39 is 10.2 Å². The second-order valence-electron chi connectivity index (χ2n) is 2.16. The predicted molar refractivity (Wildman–Crippen MR) is 46.7 cm³/mol. The first-order valence-corrected chi connectivity index (χ1v) is 4.19. The van der Waals surface area contributed by atoms with Gasteiger partial charge in [-0.2, -0.15) is 8.78 Å². The van der Waals surface area contributed by atoms with Gasteiger partial charge in [0.15, 0.2) is 0 Å². The van der Waals surface area contributed by atoms with Crippen molar-refractivity contribution in [3.63, 3.8) is 0 Å². The van der Waals surface area contributed by atoms with Crippen LogP contribution < -0.4 is 0 Å². The molecule has 0 aromatic carbocycles. The quantitative estimate of drug-likeness (QED) is 0.554. The van der Waals surface area contributed by atoms with E-state index in [2.05, 4.69) is 4.74 Å². The van der Waals surface area contributed by atoms with E-state index in [0.717, 1.165) is 0 Å². The van der Waals surface area contributed by atoms with E-state index in [4.69, 9.17) is 0 Å². The minimum atomic E-state index is -2.71. The first kappa shape index (κ1) is 9.12. The van der Waals surface area contributed by atoms with Crippen molar-refractivity contribution in [1.29, 1.82) is 0 Å². The average Bonchev–Trinajstić information content (AvgIpc) is 1.85. The average molecular weight is 272 g/mol. The van der Waals surface area contributed by atoms with Crippen LogP contribution in [-0.4, -0.2) is 10.2 Å². The van der Waals surface area contributed by atoms with Crippen molar-refractivity contribution >= 4 is 22.6 Å². The Morgan fingerprint density at radius 2 is 2.18 bits per heavy atom. The van der Waals surface area contributed by atoms with Gasteiger partial charge in [0, 0.05) is 6.42 Å². The molecule has 0 spiro atoms. The number of hydrogen-bond acceptors (Lipinski definition) is 1. The van der Waals surface area contributed by atoms with Crippen molar-refractivity contribution in [3.05, 3.63) is 24.3 Å². The molecule has 0 heterocycles. The highest BCUT2D eigenvalue weighted by Crippen LogP contribution is 2.31. The lowest BCUT2D eigenvalue weighted by molar-refractivity contribution is -0.154. The summed E-state index contributed by atoms with van der Waals surface area (Å²) in [6.45, 7) is -2.71. The minimum Gasteiger partial charge on any atom is -0.301 e. The Morgan fingerprint density at radius 1 is 1.45 bits per heavy atom. The van der Waals surface area contributed by atoms with Crippen LogP contribution in [0.2, 0.25) is 0 Å². The van der Waals surface area contributed by atoms with E-state index in [9.17, 15) is 8.78 Å². The van der Waals surface area contributed by atoms with E-state index in [1.165, 1.54) is 0 Å². The third-order valence-electron chi connectivity index (χ3n) is 1.27. The smallest absolute Gasteiger partial charge is 0.301 e. The zero-order valence-corrected chi connectivity index (χ0v) is 7.79. The molecule has 0 radical (unpaired) electrons.